The number of hydrogen-bond donors (Lipinski definition) is 14. The van der Waals surface area contributed by atoms with E-state index in [9.17, 15) is 71.5 Å². The summed E-state index contributed by atoms with van der Waals surface area (Å²) >= 11 is 0. The minimum Gasteiger partial charge on any atom is -0.508 e. The molecule has 326 valence electrons. The first-order valence-corrected chi connectivity index (χ1v) is 19.2. The smallest absolute Gasteiger partial charge is 0.305 e. The number of aromatic hydroxyl groups is 11. The van der Waals surface area contributed by atoms with E-state index in [-0.39, 0.29) is 61.9 Å². The monoisotopic (exact) mass is 866 g/mol. The van der Waals surface area contributed by atoms with E-state index >= 15 is 0 Å². The number of hydrogen-bond acceptors (Lipinski definition) is 18. The van der Waals surface area contributed by atoms with E-state index in [1.54, 1.807) is 0 Å². The number of rotatable bonds is 7. The van der Waals surface area contributed by atoms with Crippen LogP contribution in [0.4, 0.5) is 0 Å². The van der Waals surface area contributed by atoms with Gasteiger partial charge in [-0.3, -0.25) is 0 Å². The van der Waals surface area contributed by atoms with Crippen LogP contribution < -0.4 is 18.9 Å². The molecule has 14 N–H and O–H groups in total. The van der Waals surface area contributed by atoms with E-state index in [4.69, 9.17) is 18.9 Å². The topological polar surface area (TPSA) is 320 Å². The van der Waals surface area contributed by atoms with Crippen LogP contribution in [-0.4, -0.2) is 89.8 Å². The molecule has 0 aromatic heterocycles. The quantitative estimate of drug-likeness (QED) is 0.0966. The Bertz CT molecular complexity index is 2840. The van der Waals surface area contributed by atoms with Gasteiger partial charge in [0.05, 0.1) is 17.9 Å². The van der Waals surface area contributed by atoms with Crippen molar-refractivity contribution >= 4 is 0 Å². The Hall–Kier alpha value is -7.80. The highest BCUT2D eigenvalue weighted by Gasteiger charge is 2.61. The zero-order chi connectivity index (χ0) is 45.0. The molecule has 6 aromatic rings. The van der Waals surface area contributed by atoms with Crippen molar-refractivity contribution in [2.45, 2.75) is 55.1 Å². The van der Waals surface area contributed by atoms with Crippen LogP contribution in [0.5, 0.6) is 86.2 Å². The maximum absolute atomic E-state index is 12.5. The van der Waals surface area contributed by atoms with Gasteiger partial charge in [0.2, 0.25) is 0 Å². The molecule has 18 nitrogen and oxygen atoms in total. The fourth-order valence-corrected chi connectivity index (χ4v) is 8.78. The highest BCUT2D eigenvalue weighted by atomic mass is 16.7. The standard InChI is InChI=1S/C45H38O18/c1-16(46)41(17-2-5-22(49)25(52)8-17)60-31-13-20(47)11-28(55)34(31)38-36-30(57)15-33-37(43(36)61-42(40(38)58)18-3-6-23(50)26(53)9-18)39-35-29(56)12-21(48)14-32(35)62-45(63-33,44(39)59)19-4-7-24(51)27(54)10-19/h2-16,38-42,44,46-59H,1H3/t16?,38?,39-,40?,41-,42+,44-,45+/m1/s1. The van der Waals surface area contributed by atoms with Gasteiger partial charge < -0.3 is 90.4 Å². The van der Waals surface area contributed by atoms with Crippen LogP contribution in [0.3, 0.4) is 0 Å². The molecule has 0 spiro atoms. The summed E-state index contributed by atoms with van der Waals surface area (Å²) in [6.07, 6.45) is -8.10. The molecule has 3 aliphatic rings. The van der Waals surface area contributed by atoms with Gasteiger partial charge in [-0.15, -0.1) is 0 Å². The number of phenolic OH excluding ortho intramolecular Hbond substituents is 11. The average molecular weight is 867 g/mol. The van der Waals surface area contributed by atoms with E-state index in [1.807, 2.05) is 0 Å². The van der Waals surface area contributed by atoms with Crippen molar-refractivity contribution in [1.29, 1.82) is 0 Å². The third-order valence-electron chi connectivity index (χ3n) is 11.6. The minimum absolute atomic E-state index is 0.0269. The largest absolute Gasteiger partial charge is 0.508 e. The van der Waals surface area contributed by atoms with Crippen molar-refractivity contribution in [3.8, 4) is 86.2 Å². The van der Waals surface area contributed by atoms with Crippen LogP contribution in [0, 0.1) is 0 Å². The second-order valence-electron chi connectivity index (χ2n) is 15.6. The molecule has 2 bridgehead atoms. The van der Waals surface area contributed by atoms with Crippen molar-refractivity contribution in [1.82, 2.24) is 0 Å². The summed E-state index contributed by atoms with van der Waals surface area (Å²) in [6, 6.07) is 15.7. The number of ether oxygens (including phenoxy) is 4. The lowest BCUT2D eigenvalue weighted by atomic mass is 9.72. The van der Waals surface area contributed by atoms with E-state index in [2.05, 4.69) is 0 Å². The maximum Gasteiger partial charge on any atom is 0.305 e. The second kappa shape index (κ2) is 14.4. The molecule has 0 amide bonds. The van der Waals surface area contributed by atoms with Crippen LogP contribution in [0.25, 0.3) is 0 Å². The normalized spacial score (nSPS) is 22.8. The molecule has 9 rings (SSSR count). The molecule has 8 atom stereocenters. The molecule has 0 aliphatic carbocycles. The van der Waals surface area contributed by atoms with Crippen LogP contribution in [0.2, 0.25) is 0 Å². The van der Waals surface area contributed by atoms with Crippen molar-refractivity contribution in [2.75, 3.05) is 0 Å². The summed E-state index contributed by atoms with van der Waals surface area (Å²) in [5.74, 6) is -12.9. The van der Waals surface area contributed by atoms with Crippen molar-refractivity contribution in [3.05, 3.63) is 124 Å². The molecule has 0 fully saturated rings. The zero-order valence-corrected chi connectivity index (χ0v) is 32.5. The van der Waals surface area contributed by atoms with Gasteiger partial charge in [0, 0.05) is 58.1 Å². The van der Waals surface area contributed by atoms with E-state index in [0.29, 0.717) is 0 Å². The summed E-state index contributed by atoms with van der Waals surface area (Å²) in [5.41, 5.74) is -0.714. The van der Waals surface area contributed by atoms with Gasteiger partial charge in [-0.05, 0) is 60.5 Å². The number of phenols is 11. The van der Waals surface area contributed by atoms with Gasteiger partial charge >= 0.3 is 5.79 Å². The first kappa shape index (κ1) is 40.6. The van der Waals surface area contributed by atoms with E-state index in [1.165, 1.54) is 25.1 Å². The van der Waals surface area contributed by atoms with Crippen LogP contribution in [-0.2, 0) is 5.79 Å². The predicted octanol–water partition coefficient (Wildman–Crippen LogP) is 4.71. The lowest BCUT2D eigenvalue weighted by molar-refractivity contribution is -0.219. The molecule has 0 radical (unpaired) electrons. The Labute approximate surface area is 355 Å². The first-order chi connectivity index (χ1) is 29.9. The van der Waals surface area contributed by atoms with Crippen LogP contribution >= 0.6 is 0 Å². The number of benzene rings is 6. The van der Waals surface area contributed by atoms with Gasteiger partial charge in [0.25, 0.3) is 0 Å². The second-order valence-corrected chi connectivity index (χ2v) is 15.6. The van der Waals surface area contributed by atoms with Gasteiger partial charge in [-0.1, -0.05) is 12.1 Å². The van der Waals surface area contributed by atoms with Gasteiger partial charge in [-0.2, -0.15) is 0 Å². The number of aliphatic hydroxyl groups is 3. The maximum atomic E-state index is 12.5. The van der Waals surface area contributed by atoms with Gasteiger partial charge in [0.15, 0.2) is 40.6 Å². The number of aliphatic hydroxyl groups excluding tert-OH is 3. The Morgan fingerprint density at radius 3 is 1.75 bits per heavy atom. The molecule has 18 heteroatoms. The van der Waals surface area contributed by atoms with E-state index in [0.717, 1.165) is 66.7 Å². The lowest BCUT2D eigenvalue weighted by Crippen LogP contribution is -2.57. The predicted molar refractivity (Wildman–Crippen MR) is 214 cm³/mol. The van der Waals surface area contributed by atoms with Gasteiger partial charge in [-0.25, -0.2) is 0 Å². The summed E-state index contributed by atoms with van der Waals surface area (Å²) in [7, 11) is 0. The summed E-state index contributed by atoms with van der Waals surface area (Å²) < 4.78 is 25.5. The average Bonchev–Trinajstić information content (AvgIpc) is 3.20. The zero-order valence-electron chi connectivity index (χ0n) is 32.5. The Morgan fingerprint density at radius 1 is 0.540 bits per heavy atom. The van der Waals surface area contributed by atoms with Crippen molar-refractivity contribution in [3.63, 3.8) is 0 Å². The van der Waals surface area contributed by atoms with Gasteiger partial charge in [0.1, 0.15) is 70.1 Å². The summed E-state index contributed by atoms with van der Waals surface area (Å²) in [4.78, 5) is 0. The summed E-state index contributed by atoms with van der Waals surface area (Å²) in [5, 5.41) is 154. The Balaban J connectivity index is 1.32. The SMILES string of the molecule is CC(O)[C@@H](Oc1cc(O)cc(O)c1C1c2c(O)cc3c(c2O[C@@H](c2ccc(O)c(O)c2)C1O)[C@H]1c2c(O)cc(O)cc2O[C@@](c2ccc(O)c(O)c2)(O3)[C@@H]1O)c1ccc(O)c(O)c1. The third kappa shape index (κ3) is 6.29. The lowest BCUT2D eigenvalue weighted by Gasteiger charge is -2.51. The highest BCUT2D eigenvalue weighted by Crippen LogP contribution is 2.65. The molecule has 3 heterocycles. The van der Waals surface area contributed by atoms with Crippen molar-refractivity contribution in [2.24, 2.45) is 0 Å². The van der Waals surface area contributed by atoms with Crippen LogP contribution in [0.15, 0.2) is 84.9 Å². The molecular formula is C45H38O18. The molecule has 0 saturated carbocycles. The fraction of sp³-hybridized carbons (Fsp3) is 0.200. The van der Waals surface area contributed by atoms with Crippen LogP contribution in [0.1, 0.15) is 69.9 Å². The Morgan fingerprint density at radius 2 is 1.11 bits per heavy atom. The molecular weight excluding hydrogens is 828 g/mol. The highest BCUT2D eigenvalue weighted by molar-refractivity contribution is 5.71. The third-order valence-corrected chi connectivity index (χ3v) is 11.6. The fourth-order valence-electron chi connectivity index (χ4n) is 8.78. The first-order valence-electron chi connectivity index (χ1n) is 19.2. The molecule has 3 unspecified atom stereocenters. The van der Waals surface area contributed by atoms with Crippen molar-refractivity contribution < 1.29 is 90.4 Å². The summed E-state index contributed by atoms with van der Waals surface area (Å²) in [6.45, 7) is 1.34. The molecule has 0 saturated heterocycles. The number of fused-ring (bicyclic) bond motifs is 8. The molecule has 63 heavy (non-hydrogen) atoms. The molecule has 3 aliphatic heterocycles. The van der Waals surface area contributed by atoms with E-state index < -0.39 is 111 Å². The molecule has 6 aromatic carbocycles. The minimum atomic E-state index is -2.32. The Kier molecular flexibility index (Phi) is 9.28.